The fraction of sp³-hybridized carbons (Fsp3) is 0.786. The maximum atomic E-state index is 13.3. The van der Waals surface area contributed by atoms with Gasteiger partial charge in [-0.15, -0.1) is 0 Å². The fourth-order valence-electron chi connectivity index (χ4n) is 9.96. The maximum absolute atomic E-state index is 13.3. The topological polar surface area (TPSA) is 88.7 Å². The second kappa shape index (κ2) is 6.24. The summed E-state index contributed by atoms with van der Waals surface area (Å²) in [5.41, 5.74) is 0.174. The third kappa shape index (κ3) is 2.13. The van der Waals surface area contributed by atoms with Crippen LogP contribution in [0.1, 0.15) is 66.7 Å². The molecule has 6 nitrogen and oxygen atoms in total. The SMILES string of the molecule is CC1=C(C)C(=O)O[C@@H]([C@@H](C)[C@@]23O[C@@H]2C[C@H]2[C@@H]4C[C@H]5O[C@]56[C@@H](O)C=CC(=O)[C@]6(C)[C@H]4CC[C@@]23C)C1. The number of hydrogen-bond donors (Lipinski definition) is 1. The number of epoxide rings is 2. The van der Waals surface area contributed by atoms with Crippen molar-refractivity contribution in [2.75, 3.05) is 0 Å². The van der Waals surface area contributed by atoms with Gasteiger partial charge in [-0.2, -0.15) is 0 Å². The quantitative estimate of drug-likeness (QED) is 0.493. The molecule has 0 aromatic carbocycles. The van der Waals surface area contributed by atoms with E-state index in [0.717, 1.165) is 43.3 Å². The minimum absolute atomic E-state index is 0.0216. The predicted molar refractivity (Wildman–Crippen MR) is 123 cm³/mol. The predicted octanol–water partition coefficient (Wildman–Crippen LogP) is 3.51. The summed E-state index contributed by atoms with van der Waals surface area (Å²) in [6.45, 7) is 10.6. The van der Waals surface area contributed by atoms with E-state index < -0.39 is 17.1 Å². The van der Waals surface area contributed by atoms with Gasteiger partial charge in [-0.1, -0.05) is 19.4 Å². The van der Waals surface area contributed by atoms with Crippen LogP contribution in [0.4, 0.5) is 0 Å². The monoisotopic (exact) mass is 468 g/mol. The van der Waals surface area contributed by atoms with Crippen LogP contribution in [0.3, 0.4) is 0 Å². The van der Waals surface area contributed by atoms with Crippen LogP contribution in [0.5, 0.6) is 0 Å². The number of ketones is 1. The summed E-state index contributed by atoms with van der Waals surface area (Å²) in [4.78, 5) is 25.8. The second-order valence-electron chi connectivity index (χ2n) is 12.8. The molecular weight excluding hydrogens is 432 g/mol. The summed E-state index contributed by atoms with van der Waals surface area (Å²) < 4.78 is 18.7. The third-order valence-corrected chi connectivity index (χ3v) is 12.1. The molecule has 2 saturated heterocycles. The van der Waals surface area contributed by atoms with Gasteiger partial charge in [0.2, 0.25) is 0 Å². The first kappa shape index (κ1) is 21.8. The average molecular weight is 469 g/mol. The van der Waals surface area contributed by atoms with Gasteiger partial charge < -0.3 is 19.3 Å². The van der Waals surface area contributed by atoms with Gasteiger partial charge in [0.1, 0.15) is 23.4 Å². The Balaban J connectivity index is 1.22. The van der Waals surface area contributed by atoms with E-state index >= 15 is 0 Å². The first-order chi connectivity index (χ1) is 16.0. The molecule has 7 aliphatic rings. The number of aliphatic hydroxyl groups excluding tert-OH is 1. The summed E-state index contributed by atoms with van der Waals surface area (Å²) in [6.07, 6.45) is 7.12. The molecule has 5 fully saturated rings. The molecule has 184 valence electrons. The largest absolute Gasteiger partial charge is 0.458 e. The van der Waals surface area contributed by atoms with E-state index in [1.807, 2.05) is 13.8 Å². The number of carbonyl (C=O) groups is 2. The van der Waals surface area contributed by atoms with Gasteiger partial charge in [-0.3, -0.25) is 4.79 Å². The highest BCUT2D eigenvalue weighted by atomic mass is 16.6. The highest BCUT2D eigenvalue weighted by Crippen LogP contribution is 2.78. The number of aliphatic hydroxyl groups is 1. The Morgan fingerprint density at radius 3 is 2.59 bits per heavy atom. The molecule has 6 heteroatoms. The molecule has 4 aliphatic carbocycles. The minimum Gasteiger partial charge on any atom is -0.458 e. The van der Waals surface area contributed by atoms with Crippen LogP contribution < -0.4 is 0 Å². The maximum Gasteiger partial charge on any atom is 0.333 e. The Bertz CT molecular complexity index is 1080. The Morgan fingerprint density at radius 1 is 1.09 bits per heavy atom. The van der Waals surface area contributed by atoms with Crippen molar-refractivity contribution in [1.82, 2.24) is 0 Å². The summed E-state index contributed by atoms with van der Waals surface area (Å²) in [5, 5.41) is 10.9. The van der Waals surface area contributed by atoms with E-state index in [9.17, 15) is 14.7 Å². The van der Waals surface area contributed by atoms with Crippen molar-refractivity contribution in [1.29, 1.82) is 0 Å². The lowest BCUT2D eigenvalue weighted by atomic mass is 9.44. The van der Waals surface area contributed by atoms with Crippen LogP contribution in [0, 0.1) is 34.5 Å². The van der Waals surface area contributed by atoms with E-state index in [-0.39, 0.29) is 52.9 Å². The molecule has 0 amide bonds. The standard InChI is InChI=1S/C28H36O6/c1-13-10-19(32-24(31)14(13)2)15(3)27-23(33-27)12-18-16-11-22-28(34-22)21(30)7-6-20(29)26(28,5)17(16)8-9-25(18,27)4/h6-7,15-19,21-23,30H,8-12H2,1-5H3/t15-,16-,17+,18+,19-,21+,22-,23-,25+,26+,27-,28-/m1/s1. The summed E-state index contributed by atoms with van der Waals surface area (Å²) >= 11 is 0. The van der Waals surface area contributed by atoms with Gasteiger partial charge in [0.05, 0.1) is 17.6 Å². The van der Waals surface area contributed by atoms with Gasteiger partial charge >= 0.3 is 5.97 Å². The van der Waals surface area contributed by atoms with Crippen LogP contribution in [0.15, 0.2) is 23.3 Å². The van der Waals surface area contributed by atoms with Crippen molar-refractivity contribution in [3.63, 3.8) is 0 Å². The second-order valence-corrected chi connectivity index (χ2v) is 12.8. The first-order valence-electron chi connectivity index (χ1n) is 13.2. The van der Waals surface area contributed by atoms with Crippen LogP contribution in [0.25, 0.3) is 0 Å². The number of fused-ring (bicyclic) bond motifs is 6. The molecule has 34 heavy (non-hydrogen) atoms. The van der Waals surface area contributed by atoms with E-state index in [4.69, 9.17) is 14.2 Å². The average Bonchev–Trinajstić information content (AvgIpc) is 3.69. The number of allylic oxidation sites excluding steroid dienone is 1. The zero-order valence-corrected chi connectivity index (χ0v) is 20.8. The molecule has 12 atom stereocenters. The lowest BCUT2D eigenvalue weighted by Gasteiger charge is -2.58. The number of carbonyl (C=O) groups excluding carboxylic acids is 2. The van der Waals surface area contributed by atoms with Gasteiger partial charge in [-0.25, -0.2) is 4.79 Å². The zero-order chi connectivity index (χ0) is 24.0. The molecule has 3 aliphatic heterocycles. The molecule has 3 heterocycles. The molecular formula is C28H36O6. The zero-order valence-electron chi connectivity index (χ0n) is 20.8. The molecule has 7 rings (SSSR count). The molecule has 0 bridgehead atoms. The summed E-state index contributed by atoms with van der Waals surface area (Å²) in [5.74, 6) is 1.08. The van der Waals surface area contributed by atoms with Crippen LogP contribution in [-0.4, -0.2) is 52.5 Å². The lowest BCUT2D eigenvalue weighted by molar-refractivity contribution is -0.162. The van der Waals surface area contributed by atoms with Crippen LogP contribution in [-0.2, 0) is 23.8 Å². The fourth-order valence-corrected chi connectivity index (χ4v) is 9.96. The molecule has 1 N–H and O–H groups in total. The number of ether oxygens (including phenoxy) is 3. The van der Waals surface area contributed by atoms with Crippen molar-refractivity contribution in [2.45, 2.75) is 102 Å². The van der Waals surface area contributed by atoms with Gasteiger partial charge in [0.15, 0.2) is 5.78 Å². The number of rotatable bonds is 2. The summed E-state index contributed by atoms with van der Waals surface area (Å²) in [7, 11) is 0. The molecule has 1 spiro atoms. The minimum atomic E-state index is -0.727. The Labute approximate surface area is 201 Å². The van der Waals surface area contributed by atoms with Crippen LogP contribution in [0.2, 0.25) is 0 Å². The number of cyclic esters (lactones) is 1. The Hall–Kier alpha value is -1.50. The molecule has 0 aromatic heterocycles. The normalized spacial score (nSPS) is 57.6. The molecule has 0 aromatic rings. The third-order valence-electron chi connectivity index (χ3n) is 12.1. The summed E-state index contributed by atoms with van der Waals surface area (Å²) in [6, 6.07) is 0. The Kier molecular flexibility index (Phi) is 4.00. The molecule has 3 saturated carbocycles. The van der Waals surface area contributed by atoms with E-state index in [2.05, 4.69) is 20.8 Å². The first-order valence-corrected chi connectivity index (χ1v) is 13.2. The van der Waals surface area contributed by atoms with E-state index in [0.29, 0.717) is 11.8 Å². The van der Waals surface area contributed by atoms with Crippen LogP contribution >= 0.6 is 0 Å². The Morgan fingerprint density at radius 2 is 1.85 bits per heavy atom. The number of hydrogen-bond acceptors (Lipinski definition) is 6. The van der Waals surface area contributed by atoms with Crippen molar-refractivity contribution >= 4 is 11.8 Å². The van der Waals surface area contributed by atoms with E-state index in [1.165, 1.54) is 0 Å². The van der Waals surface area contributed by atoms with Gasteiger partial charge in [-0.05, 0) is 76.4 Å². The van der Waals surface area contributed by atoms with Gasteiger partial charge in [0.25, 0.3) is 0 Å². The molecule has 0 unspecified atom stereocenters. The van der Waals surface area contributed by atoms with Crippen molar-refractivity contribution < 1.29 is 28.9 Å². The highest BCUT2D eigenvalue weighted by molar-refractivity contribution is 5.98. The smallest absolute Gasteiger partial charge is 0.333 e. The molecule has 0 radical (unpaired) electrons. The lowest BCUT2D eigenvalue weighted by Crippen LogP contribution is -2.64. The highest BCUT2D eigenvalue weighted by Gasteiger charge is 2.84. The van der Waals surface area contributed by atoms with E-state index in [1.54, 1.807) is 12.2 Å². The van der Waals surface area contributed by atoms with Crippen molar-refractivity contribution in [2.24, 2.45) is 34.5 Å². The van der Waals surface area contributed by atoms with Gasteiger partial charge in [0, 0.05) is 23.3 Å². The number of esters is 1. The van der Waals surface area contributed by atoms with Crippen molar-refractivity contribution in [3.05, 3.63) is 23.3 Å². The van der Waals surface area contributed by atoms with Crippen molar-refractivity contribution in [3.8, 4) is 0 Å².